The first-order valence-corrected chi connectivity index (χ1v) is 12.4. The highest BCUT2D eigenvalue weighted by Crippen LogP contribution is 2.35. The van der Waals surface area contributed by atoms with Gasteiger partial charge in [0, 0.05) is 53.6 Å². The van der Waals surface area contributed by atoms with E-state index in [1.807, 2.05) is 42.5 Å². The molecule has 0 fully saturated rings. The predicted molar refractivity (Wildman–Crippen MR) is 158 cm³/mol. The Morgan fingerprint density at radius 2 is 1.73 bits per heavy atom. The Balaban J connectivity index is 0.00000380. The first kappa shape index (κ1) is 27.4. The van der Waals surface area contributed by atoms with E-state index in [0.717, 1.165) is 28.9 Å². The van der Waals surface area contributed by atoms with Gasteiger partial charge < -0.3 is 26.1 Å². The molecule has 0 aliphatic heterocycles. The smallest absolute Gasteiger partial charge is 0.245 e. The van der Waals surface area contributed by atoms with E-state index >= 15 is 0 Å². The molecule has 0 aromatic heterocycles. The molecule has 0 bridgehead atoms. The summed E-state index contributed by atoms with van der Waals surface area (Å²) in [5, 5.41) is 11.0. The van der Waals surface area contributed by atoms with E-state index in [-0.39, 0.29) is 8.76 Å². The van der Waals surface area contributed by atoms with Crippen molar-refractivity contribution in [2.75, 3.05) is 39.5 Å². The van der Waals surface area contributed by atoms with Gasteiger partial charge in [-0.25, -0.2) is 0 Å². The van der Waals surface area contributed by atoms with Gasteiger partial charge in [0.05, 0.1) is 0 Å². The molecular formula is C31H40N4O2. The third kappa shape index (κ3) is 7.66. The summed E-state index contributed by atoms with van der Waals surface area (Å²) >= 11 is 0. The predicted octanol–water partition coefficient (Wildman–Crippen LogP) is 5.74. The van der Waals surface area contributed by atoms with Crippen molar-refractivity contribution in [3.63, 3.8) is 0 Å². The van der Waals surface area contributed by atoms with E-state index in [1.165, 1.54) is 22.3 Å². The standard InChI is InChI=1S/C31H36N4O2.2H2/c1-4-28(23-9-6-5-7-10-23)31(25-14-17-29(33)26(21-25)22-32)24-12-15-27(16-13-24)37-20-19-34-18-8-11-30(36)35(2)3;;/h5-17,21-22,32,34H,4,18-20,33H2,1-3H3;2*1H/b11-8+,31-28+,32-22?;;. The molecule has 0 aliphatic carbocycles. The normalized spacial score (nSPS) is 11.8. The van der Waals surface area contributed by atoms with E-state index in [1.54, 1.807) is 20.2 Å². The zero-order valence-corrected chi connectivity index (χ0v) is 21.8. The van der Waals surface area contributed by atoms with Crippen LogP contribution in [0.2, 0.25) is 0 Å². The number of hydrogen-bond donors (Lipinski definition) is 3. The van der Waals surface area contributed by atoms with Crippen LogP contribution in [0.1, 0.15) is 38.5 Å². The lowest BCUT2D eigenvalue weighted by atomic mass is 9.87. The van der Waals surface area contributed by atoms with Gasteiger partial charge in [0.25, 0.3) is 0 Å². The lowest BCUT2D eigenvalue weighted by Gasteiger charge is -2.18. The SMILES string of the molecule is CC/C(=C(/c1ccc(OCCNC/C=C/C(=O)N(C)C)cc1)c1ccc(N)c(C=N)c1)c1ccccc1.[HH].[HH]. The van der Waals surface area contributed by atoms with Gasteiger partial charge in [0.1, 0.15) is 12.4 Å². The van der Waals surface area contributed by atoms with Crippen LogP contribution in [-0.2, 0) is 4.79 Å². The van der Waals surface area contributed by atoms with Crippen LogP contribution in [0.4, 0.5) is 5.69 Å². The van der Waals surface area contributed by atoms with E-state index in [0.29, 0.717) is 30.9 Å². The molecule has 0 saturated heterocycles. The van der Waals surface area contributed by atoms with Gasteiger partial charge >= 0.3 is 0 Å². The number of ether oxygens (including phenoxy) is 1. The second-order valence-electron chi connectivity index (χ2n) is 8.77. The van der Waals surface area contributed by atoms with Crippen molar-refractivity contribution < 1.29 is 12.4 Å². The van der Waals surface area contributed by atoms with Crippen LogP contribution in [0.15, 0.2) is 84.9 Å². The molecule has 1 amide bonds. The lowest BCUT2D eigenvalue weighted by Crippen LogP contribution is -2.22. The molecule has 4 N–H and O–H groups in total. The quantitative estimate of drug-likeness (QED) is 0.0972. The molecule has 6 nitrogen and oxygen atoms in total. The Morgan fingerprint density at radius 3 is 2.38 bits per heavy atom. The molecule has 0 spiro atoms. The minimum atomic E-state index is -0.0296. The molecule has 3 aromatic carbocycles. The Bertz CT molecular complexity index is 1260. The summed E-state index contributed by atoms with van der Waals surface area (Å²) in [6.07, 6.45) is 5.52. The Labute approximate surface area is 222 Å². The average Bonchev–Trinajstić information content (AvgIpc) is 2.92. The second-order valence-corrected chi connectivity index (χ2v) is 8.77. The van der Waals surface area contributed by atoms with Crippen molar-refractivity contribution in [3.8, 4) is 5.75 Å². The molecule has 0 atom stereocenters. The fourth-order valence-corrected chi connectivity index (χ4v) is 3.99. The number of nitrogens with two attached hydrogens (primary N) is 1. The fraction of sp³-hybridized carbons (Fsp3) is 0.226. The molecule has 0 unspecified atom stereocenters. The van der Waals surface area contributed by atoms with E-state index in [9.17, 15) is 4.79 Å². The summed E-state index contributed by atoms with van der Waals surface area (Å²) < 4.78 is 5.91. The summed E-state index contributed by atoms with van der Waals surface area (Å²) in [6, 6.07) is 24.4. The van der Waals surface area contributed by atoms with Gasteiger partial charge in [-0.2, -0.15) is 0 Å². The maximum absolute atomic E-state index is 11.5. The third-order valence-electron chi connectivity index (χ3n) is 5.96. The number of amides is 1. The molecule has 3 aromatic rings. The van der Waals surface area contributed by atoms with Crippen molar-refractivity contribution in [3.05, 3.63) is 107 Å². The van der Waals surface area contributed by atoms with E-state index in [4.69, 9.17) is 15.9 Å². The Morgan fingerprint density at radius 1 is 1.03 bits per heavy atom. The Kier molecular flexibility index (Phi) is 10.2. The van der Waals surface area contributed by atoms with Gasteiger partial charge in [0.2, 0.25) is 5.91 Å². The molecular weight excluding hydrogens is 460 g/mol. The topological polar surface area (TPSA) is 91.4 Å². The van der Waals surface area contributed by atoms with Gasteiger partial charge in [0.15, 0.2) is 0 Å². The molecule has 0 saturated carbocycles. The van der Waals surface area contributed by atoms with Crippen LogP contribution in [0, 0.1) is 5.41 Å². The molecule has 37 heavy (non-hydrogen) atoms. The summed E-state index contributed by atoms with van der Waals surface area (Å²) in [6.45, 7) is 3.95. The van der Waals surface area contributed by atoms with Crippen LogP contribution in [0.5, 0.6) is 5.75 Å². The summed E-state index contributed by atoms with van der Waals surface area (Å²) in [4.78, 5) is 13.1. The monoisotopic (exact) mass is 500 g/mol. The highest BCUT2D eigenvalue weighted by atomic mass is 16.5. The van der Waals surface area contributed by atoms with Crippen LogP contribution in [0.25, 0.3) is 11.1 Å². The number of nitrogens with one attached hydrogen (secondary N) is 2. The van der Waals surface area contributed by atoms with Crippen molar-refractivity contribution in [2.45, 2.75) is 13.3 Å². The molecule has 6 heteroatoms. The number of nitrogen functional groups attached to an aromatic ring is 1. The van der Waals surface area contributed by atoms with Crippen LogP contribution in [0.3, 0.4) is 0 Å². The third-order valence-corrected chi connectivity index (χ3v) is 5.96. The molecule has 3 rings (SSSR count). The zero-order chi connectivity index (χ0) is 26.6. The minimum absolute atomic E-state index is 0. The highest BCUT2D eigenvalue weighted by Gasteiger charge is 2.14. The van der Waals surface area contributed by atoms with Crippen molar-refractivity contribution in [1.82, 2.24) is 10.2 Å². The summed E-state index contributed by atoms with van der Waals surface area (Å²) in [5.74, 6) is 0.761. The van der Waals surface area contributed by atoms with Crippen LogP contribution >= 0.6 is 0 Å². The average molecular weight is 501 g/mol. The van der Waals surface area contributed by atoms with Crippen LogP contribution < -0.4 is 15.8 Å². The first-order valence-electron chi connectivity index (χ1n) is 12.4. The number of benzene rings is 3. The highest BCUT2D eigenvalue weighted by molar-refractivity contribution is 6.00. The van der Waals surface area contributed by atoms with Crippen molar-refractivity contribution >= 4 is 29.0 Å². The number of allylic oxidation sites excluding steroid dienone is 1. The number of carbonyl (C=O) groups excluding carboxylic acids is 1. The molecule has 0 heterocycles. The number of rotatable bonds is 12. The summed E-state index contributed by atoms with van der Waals surface area (Å²) in [5.41, 5.74) is 13.0. The molecule has 0 aliphatic rings. The number of hydrogen-bond acceptors (Lipinski definition) is 5. The van der Waals surface area contributed by atoms with Crippen molar-refractivity contribution in [2.24, 2.45) is 0 Å². The largest absolute Gasteiger partial charge is 0.492 e. The number of anilines is 1. The van der Waals surface area contributed by atoms with Crippen molar-refractivity contribution in [1.29, 1.82) is 5.41 Å². The second kappa shape index (κ2) is 13.8. The first-order chi connectivity index (χ1) is 17.9. The minimum Gasteiger partial charge on any atom is -0.492 e. The number of carbonyl (C=O) groups is 1. The Hall–Kier alpha value is -4.16. The number of nitrogens with zero attached hydrogens (tertiary/aromatic N) is 1. The molecule has 0 radical (unpaired) electrons. The fourth-order valence-electron chi connectivity index (χ4n) is 3.99. The van der Waals surface area contributed by atoms with Gasteiger partial charge in [-0.15, -0.1) is 0 Å². The summed E-state index contributed by atoms with van der Waals surface area (Å²) in [7, 11) is 3.46. The maximum Gasteiger partial charge on any atom is 0.245 e. The number of likely N-dealkylation sites (N-methyl/N-ethyl adjacent to an activating group) is 1. The molecule has 196 valence electrons. The van der Waals surface area contributed by atoms with Gasteiger partial charge in [-0.05, 0) is 58.5 Å². The zero-order valence-electron chi connectivity index (χ0n) is 21.8. The van der Waals surface area contributed by atoms with Gasteiger partial charge in [-0.1, -0.05) is 61.5 Å². The van der Waals surface area contributed by atoms with Crippen LogP contribution in [-0.4, -0.2) is 50.8 Å². The van der Waals surface area contributed by atoms with Gasteiger partial charge in [-0.3, -0.25) is 4.79 Å². The van der Waals surface area contributed by atoms with E-state index in [2.05, 4.69) is 48.6 Å². The van der Waals surface area contributed by atoms with E-state index < -0.39 is 0 Å². The lowest BCUT2D eigenvalue weighted by molar-refractivity contribution is -0.123. The maximum atomic E-state index is 11.5.